The first-order chi connectivity index (χ1) is 10.5. The first-order valence-electron chi connectivity index (χ1n) is 7.04. The van der Waals surface area contributed by atoms with Crippen molar-refractivity contribution in [1.29, 1.82) is 0 Å². The predicted molar refractivity (Wildman–Crippen MR) is 89.2 cm³/mol. The molecule has 0 aliphatic rings. The largest absolute Gasteiger partial charge is 0.330 e. The zero-order valence-corrected chi connectivity index (χ0v) is 13.7. The molecule has 0 atom stereocenters. The second-order valence-corrected chi connectivity index (χ2v) is 7.30. The highest BCUT2D eigenvalue weighted by atomic mass is 35.5. The minimum Gasteiger partial charge on any atom is -0.330 e. The average molecular weight is 339 g/mol. The summed E-state index contributed by atoms with van der Waals surface area (Å²) in [4.78, 5) is 0.202. The molecule has 0 spiro atoms. The van der Waals surface area contributed by atoms with Crippen LogP contribution in [0.5, 0.6) is 0 Å². The van der Waals surface area contributed by atoms with Gasteiger partial charge in [0.15, 0.2) is 0 Å². The zero-order valence-electron chi connectivity index (χ0n) is 12.2. The molecule has 0 aliphatic heterocycles. The maximum Gasteiger partial charge on any atom is 0.243 e. The van der Waals surface area contributed by atoms with Gasteiger partial charge < -0.3 is 5.73 Å². The Hall–Kier alpha value is -1.40. The third kappa shape index (κ3) is 4.30. The van der Waals surface area contributed by atoms with E-state index in [0.29, 0.717) is 31.1 Å². The maximum atomic E-state index is 12.8. The molecule has 0 saturated heterocycles. The number of halogens is 1. The molecule has 4 nitrogen and oxygen atoms in total. The van der Waals surface area contributed by atoms with Crippen molar-refractivity contribution >= 4 is 21.6 Å². The Balaban J connectivity index is 2.31. The third-order valence-corrected chi connectivity index (χ3v) is 5.32. The molecule has 0 unspecified atom stereocenters. The molecule has 2 N–H and O–H groups in total. The van der Waals surface area contributed by atoms with Crippen molar-refractivity contribution in [3.8, 4) is 0 Å². The maximum absolute atomic E-state index is 12.8. The first kappa shape index (κ1) is 17.0. The molecular weight excluding hydrogens is 320 g/mol. The smallest absolute Gasteiger partial charge is 0.243 e. The molecule has 2 rings (SSSR count). The summed E-state index contributed by atoms with van der Waals surface area (Å²) in [6, 6.07) is 15.8. The number of hydrogen-bond donors (Lipinski definition) is 1. The van der Waals surface area contributed by atoms with E-state index in [0.717, 1.165) is 5.56 Å². The zero-order chi connectivity index (χ0) is 16.0. The molecule has 0 fully saturated rings. The van der Waals surface area contributed by atoms with E-state index < -0.39 is 10.0 Å². The second kappa shape index (κ2) is 7.74. The van der Waals surface area contributed by atoms with Gasteiger partial charge in [-0.2, -0.15) is 4.31 Å². The van der Waals surface area contributed by atoms with E-state index in [1.807, 2.05) is 30.3 Å². The molecule has 0 radical (unpaired) electrons. The molecule has 0 aromatic heterocycles. The van der Waals surface area contributed by atoms with E-state index in [1.54, 1.807) is 18.2 Å². The molecule has 0 aliphatic carbocycles. The van der Waals surface area contributed by atoms with Crippen LogP contribution in [0.4, 0.5) is 0 Å². The van der Waals surface area contributed by atoms with Crippen LogP contribution in [0.3, 0.4) is 0 Å². The molecule has 2 aromatic carbocycles. The van der Waals surface area contributed by atoms with Gasteiger partial charge in [0, 0.05) is 18.1 Å². The highest BCUT2D eigenvalue weighted by Crippen LogP contribution is 2.21. The van der Waals surface area contributed by atoms with Crippen LogP contribution in [0.25, 0.3) is 0 Å². The van der Waals surface area contributed by atoms with Crippen LogP contribution in [0, 0.1) is 0 Å². The SMILES string of the molecule is NCCCN(Cc1ccccc1)S(=O)(=O)c1cccc(Cl)c1. The molecular formula is C16H19ClN2O2S. The molecule has 22 heavy (non-hydrogen) atoms. The van der Waals surface area contributed by atoms with Gasteiger partial charge in [0.05, 0.1) is 4.90 Å². The van der Waals surface area contributed by atoms with Crippen LogP contribution in [-0.4, -0.2) is 25.8 Å². The van der Waals surface area contributed by atoms with Gasteiger partial charge in [-0.15, -0.1) is 0 Å². The lowest BCUT2D eigenvalue weighted by Crippen LogP contribution is -2.32. The van der Waals surface area contributed by atoms with Gasteiger partial charge in [0.1, 0.15) is 0 Å². The Morgan fingerprint density at radius 1 is 1.05 bits per heavy atom. The summed E-state index contributed by atoms with van der Waals surface area (Å²) in [6.45, 7) is 1.13. The lowest BCUT2D eigenvalue weighted by atomic mass is 10.2. The highest BCUT2D eigenvalue weighted by Gasteiger charge is 2.24. The van der Waals surface area contributed by atoms with Gasteiger partial charge >= 0.3 is 0 Å². The van der Waals surface area contributed by atoms with Crippen molar-refractivity contribution in [3.05, 3.63) is 65.2 Å². The number of sulfonamides is 1. The van der Waals surface area contributed by atoms with Gasteiger partial charge in [-0.25, -0.2) is 8.42 Å². The Morgan fingerprint density at radius 3 is 2.41 bits per heavy atom. The second-order valence-electron chi connectivity index (χ2n) is 4.92. The third-order valence-electron chi connectivity index (χ3n) is 3.25. The fourth-order valence-corrected chi connectivity index (χ4v) is 3.88. The quantitative estimate of drug-likeness (QED) is 0.844. The lowest BCUT2D eigenvalue weighted by molar-refractivity contribution is 0.402. The lowest BCUT2D eigenvalue weighted by Gasteiger charge is -2.22. The van der Waals surface area contributed by atoms with E-state index in [9.17, 15) is 8.42 Å². The Labute approximate surface area is 136 Å². The molecule has 2 aromatic rings. The molecule has 118 valence electrons. The van der Waals surface area contributed by atoms with Crippen molar-refractivity contribution in [2.24, 2.45) is 5.73 Å². The highest BCUT2D eigenvalue weighted by molar-refractivity contribution is 7.89. The van der Waals surface area contributed by atoms with E-state index in [2.05, 4.69) is 0 Å². The van der Waals surface area contributed by atoms with E-state index in [4.69, 9.17) is 17.3 Å². The van der Waals surface area contributed by atoms with Crippen LogP contribution < -0.4 is 5.73 Å². The summed E-state index contributed by atoms with van der Waals surface area (Å²) in [7, 11) is -3.60. The normalized spacial score (nSPS) is 11.8. The number of nitrogens with two attached hydrogens (primary N) is 1. The van der Waals surface area contributed by atoms with Crippen LogP contribution in [-0.2, 0) is 16.6 Å². The standard InChI is InChI=1S/C16H19ClN2O2S/c17-15-8-4-9-16(12-15)22(20,21)19(11-5-10-18)13-14-6-2-1-3-7-14/h1-4,6-9,12H,5,10-11,13,18H2. The summed E-state index contributed by atoms with van der Waals surface area (Å²) < 4.78 is 27.1. The monoisotopic (exact) mass is 338 g/mol. The summed E-state index contributed by atoms with van der Waals surface area (Å²) in [5, 5.41) is 0.402. The van der Waals surface area contributed by atoms with Crippen molar-refractivity contribution in [3.63, 3.8) is 0 Å². The fraction of sp³-hybridized carbons (Fsp3) is 0.250. The van der Waals surface area contributed by atoms with Gasteiger partial charge in [0.2, 0.25) is 10.0 Å². The van der Waals surface area contributed by atoms with Gasteiger partial charge in [-0.1, -0.05) is 48.0 Å². The van der Waals surface area contributed by atoms with Crippen molar-refractivity contribution in [2.75, 3.05) is 13.1 Å². The van der Waals surface area contributed by atoms with Crippen molar-refractivity contribution < 1.29 is 8.42 Å². The van der Waals surface area contributed by atoms with Crippen molar-refractivity contribution in [2.45, 2.75) is 17.9 Å². The van der Waals surface area contributed by atoms with Crippen LogP contribution in [0.1, 0.15) is 12.0 Å². The predicted octanol–water partition coefficient (Wildman–Crippen LogP) is 2.88. The first-order valence-corrected chi connectivity index (χ1v) is 8.85. The minimum absolute atomic E-state index is 0.202. The number of rotatable bonds is 7. The molecule has 0 bridgehead atoms. The minimum atomic E-state index is -3.60. The van der Waals surface area contributed by atoms with Crippen LogP contribution >= 0.6 is 11.6 Å². The molecule has 6 heteroatoms. The van der Waals surface area contributed by atoms with Crippen LogP contribution in [0.15, 0.2) is 59.5 Å². The Kier molecular flexibility index (Phi) is 5.97. The average Bonchev–Trinajstić information content (AvgIpc) is 2.52. The van der Waals surface area contributed by atoms with E-state index in [1.165, 1.54) is 10.4 Å². The van der Waals surface area contributed by atoms with E-state index >= 15 is 0 Å². The van der Waals surface area contributed by atoms with Gasteiger partial charge in [0.25, 0.3) is 0 Å². The topological polar surface area (TPSA) is 63.4 Å². The van der Waals surface area contributed by atoms with Crippen LogP contribution in [0.2, 0.25) is 5.02 Å². The molecule has 0 amide bonds. The van der Waals surface area contributed by atoms with Crippen molar-refractivity contribution in [1.82, 2.24) is 4.31 Å². The Bertz CT molecular complexity index is 705. The summed E-state index contributed by atoms with van der Waals surface area (Å²) in [6.07, 6.45) is 0.604. The fourth-order valence-electron chi connectivity index (χ4n) is 2.12. The van der Waals surface area contributed by atoms with Gasteiger partial charge in [-0.05, 0) is 36.7 Å². The molecule has 0 saturated carbocycles. The van der Waals surface area contributed by atoms with Gasteiger partial charge in [-0.3, -0.25) is 0 Å². The summed E-state index contributed by atoms with van der Waals surface area (Å²) in [5.74, 6) is 0. The number of nitrogens with zero attached hydrogens (tertiary/aromatic N) is 1. The Morgan fingerprint density at radius 2 is 1.77 bits per heavy atom. The van der Waals surface area contributed by atoms with E-state index in [-0.39, 0.29) is 4.90 Å². The number of hydrogen-bond acceptors (Lipinski definition) is 3. The summed E-state index contributed by atoms with van der Waals surface area (Å²) in [5.41, 5.74) is 6.47. The number of benzene rings is 2. The molecule has 0 heterocycles. The summed E-state index contributed by atoms with van der Waals surface area (Å²) >= 11 is 5.92.